The maximum absolute atomic E-state index is 11.3. The molecule has 0 aliphatic heterocycles. The lowest BCUT2D eigenvalue weighted by molar-refractivity contribution is 0.0780. The molecule has 106 valence electrons. The highest BCUT2D eigenvalue weighted by atomic mass is 79.9. The van der Waals surface area contributed by atoms with Crippen LogP contribution in [0.2, 0.25) is 0 Å². The molecule has 1 atom stereocenters. The monoisotopic (exact) mass is 341 g/mol. The van der Waals surface area contributed by atoms with Gasteiger partial charge >= 0.3 is 0 Å². The molecule has 2 nitrogen and oxygen atoms in total. The van der Waals surface area contributed by atoms with Crippen molar-refractivity contribution in [2.24, 2.45) is 0 Å². The largest absolute Gasteiger partial charge is 0.380 e. The predicted molar refractivity (Wildman–Crippen MR) is 89.2 cm³/mol. The molecule has 0 saturated carbocycles. The molecule has 0 spiro atoms. The van der Waals surface area contributed by atoms with Crippen molar-refractivity contribution in [3.63, 3.8) is 0 Å². The van der Waals surface area contributed by atoms with E-state index in [1.54, 1.807) is 6.20 Å². The quantitative estimate of drug-likeness (QED) is 0.752. The SMILES string of the molecule is CCC(O)(c1cccc(Br)c1)c1cccc2ncccc12. The molecular formula is C18H16BrNO. The van der Waals surface area contributed by atoms with Crippen LogP contribution in [-0.4, -0.2) is 10.1 Å². The Kier molecular flexibility index (Phi) is 3.79. The number of hydrogen-bond donors (Lipinski definition) is 1. The van der Waals surface area contributed by atoms with Crippen molar-refractivity contribution in [3.05, 3.63) is 76.4 Å². The molecule has 0 aliphatic rings. The summed E-state index contributed by atoms with van der Waals surface area (Å²) < 4.78 is 0.963. The summed E-state index contributed by atoms with van der Waals surface area (Å²) in [5.74, 6) is 0. The van der Waals surface area contributed by atoms with Crippen LogP contribution >= 0.6 is 15.9 Å². The third kappa shape index (κ3) is 2.47. The Labute approximate surface area is 132 Å². The van der Waals surface area contributed by atoms with Gasteiger partial charge in [0, 0.05) is 16.1 Å². The molecule has 0 amide bonds. The van der Waals surface area contributed by atoms with Crippen LogP contribution in [0.3, 0.4) is 0 Å². The molecule has 1 heterocycles. The van der Waals surface area contributed by atoms with Gasteiger partial charge in [-0.2, -0.15) is 0 Å². The smallest absolute Gasteiger partial charge is 0.115 e. The topological polar surface area (TPSA) is 33.1 Å². The molecule has 3 rings (SSSR count). The first-order chi connectivity index (χ1) is 10.1. The van der Waals surface area contributed by atoms with Gasteiger partial charge in [0.05, 0.1) is 5.52 Å². The van der Waals surface area contributed by atoms with Gasteiger partial charge in [-0.15, -0.1) is 0 Å². The Hall–Kier alpha value is -1.71. The summed E-state index contributed by atoms with van der Waals surface area (Å²) >= 11 is 3.48. The molecule has 0 radical (unpaired) electrons. The van der Waals surface area contributed by atoms with Crippen LogP contribution in [0.1, 0.15) is 24.5 Å². The molecular weight excluding hydrogens is 326 g/mol. The Morgan fingerprint density at radius 2 is 1.90 bits per heavy atom. The fraction of sp³-hybridized carbons (Fsp3) is 0.167. The van der Waals surface area contributed by atoms with Gasteiger partial charge in [-0.1, -0.05) is 53.2 Å². The number of aromatic nitrogens is 1. The number of fused-ring (bicyclic) bond motifs is 1. The van der Waals surface area contributed by atoms with Gasteiger partial charge in [0.25, 0.3) is 0 Å². The molecule has 0 bridgehead atoms. The zero-order chi connectivity index (χ0) is 14.9. The van der Waals surface area contributed by atoms with Gasteiger partial charge in [-0.3, -0.25) is 4.98 Å². The predicted octanol–water partition coefficient (Wildman–Crippen LogP) is 4.64. The minimum Gasteiger partial charge on any atom is -0.380 e. The van der Waals surface area contributed by atoms with Gasteiger partial charge < -0.3 is 5.11 Å². The first-order valence-electron chi connectivity index (χ1n) is 6.98. The minimum absolute atomic E-state index is 0.595. The second-order valence-corrected chi connectivity index (χ2v) is 6.02. The van der Waals surface area contributed by atoms with Crippen LogP contribution in [-0.2, 0) is 5.60 Å². The number of rotatable bonds is 3. The normalized spacial score (nSPS) is 14.0. The van der Waals surface area contributed by atoms with Crippen molar-refractivity contribution in [2.75, 3.05) is 0 Å². The lowest BCUT2D eigenvalue weighted by Gasteiger charge is -2.29. The molecule has 1 N–H and O–H groups in total. The first-order valence-corrected chi connectivity index (χ1v) is 7.77. The lowest BCUT2D eigenvalue weighted by atomic mass is 9.82. The van der Waals surface area contributed by atoms with Crippen LogP contribution in [0.15, 0.2) is 65.3 Å². The summed E-state index contributed by atoms with van der Waals surface area (Å²) in [6, 6.07) is 17.7. The lowest BCUT2D eigenvalue weighted by Crippen LogP contribution is -2.26. The zero-order valence-electron chi connectivity index (χ0n) is 11.8. The van der Waals surface area contributed by atoms with Crippen molar-refractivity contribution in [1.29, 1.82) is 0 Å². The summed E-state index contributed by atoms with van der Waals surface area (Å²) in [5, 5.41) is 12.3. The highest BCUT2D eigenvalue weighted by molar-refractivity contribution is 9.10. The molecule has 1 aromatic heterocycles. The van der Waals surface area contributed by atoms with E-state index < -0.39 is 5.60 Å². The van der Waals surface area contributed by atoms with E-state index in [0.717, 1.165) is 26.5 Å². The number of benzene rings is 2. The average molecular weight is 342 g/mol. The third-order valence-electron chi connectivity index (χ3n) is 3.91. The van der Waals surface area contributed by atoms with E-state index in [2.05, 4.69) is 20.9 Å². The van der Waals surface area contributed by atoms with E-state index in [1.807, 2.05) is 61.5 Å². The number of hydrogen-bond acceptors (Lipinski definition) is 2. The van der Waals surface area contributed by atoms with E-state index in [4.69, 9.17) is 0 Å². The first kappa shape index (κ1) is 14.2. The van der Waals surface area contributed by atoms with E-state index in [1.165, 1.54) is 0 Å². The van der Waals surface area contributed by atoms with Crippen molar-refractivity contribution in [1.82, 2.24) is 4.98 Å². The summed E-state index contributed by atoms with van der Waals surface area (Å²) in [5.41, 5.74) is 1.66. The van der Waals surface area contributed by atoms with Crippen LogP contribution < -0.4 is 0 Å². The number of aliphatic hydroxyl groups is 1. The minimum atomic E-state index is -1.02. The number of pyridine rings is 1. The van der Waals surface area contributed by atoms with Gasteiger partial charge in [0.15, 0.2) is 0 Å². The van der Waals surface area contributed by atoms with Crippen LogP contribution in [0, 0.1) is 0 Å². The second kappa shape index (κ2) is 5.58. The third-order valence-corrected chi connectivity index (χ3v) is 4.40. The van der Waals surface area contributed by atoms with E-state index in [-0.39, 0.29) is 0 Å². The van der Waals surface area contributed by atoms with Gasteiger partial charge in [0.2, 0.25) is 0 Å². The number of nitrogens with zero attached hydrogens (tertiary/aromatic N) is 1. The van der Waals surface area contributed by atoms with Gasteiger partial charge in [-0.25, -0.2) is 0 Å². The van der Waals surface area contributed by atoms with Crippen LogP contribution in [0.4, 0.5) is 0 Å². The van der Waals surface area contributed by atoms with Crippen molar-refractivity contribution < 1.29 is 5.11 Å². The Morgan fingerprint density at radius 1 is 1.10 bits per heavy atom. The van der Waals surface area contributed by atoms with E-state index in [9.17, 15) is 5.11 Å². The Balaban J connectivity index is 2.27. The zero-order valence-corrected chi connectivity index (χ0v) is 13.3. The molecule has 2 aromatic carbocycles. The Morgan fingerprint density at radius 3 is 2.67 bits per heavy atom. The van der Waals surface area contributed by atoms with Crippen LogP contribution in [0.25, 0.3) is 10.9 Å². The van der Waals surface area contributed by atoms with Gasteiger partial charge in [-0.05, 0) is 41.8 Å². The summed E-state index contributed by atoms with van der Waals surface area (Å²) in [7, 11) is 0. The highest BCUT2D eigenvalue weighted by Gasteiger charge is 2.31. The molecule has 0 fully saturated rings. The second-order valence-electron chi connectivity index (χ2n) is 5.10. The molecule has 3 heteroatoms. The average Bonchev–Trinajstić information content (AvgIpc) is 2.53. The maximum atomic E-state index is 11.3. The standard InChI is InChI=1S/C18H16BrNO/c1-2-18(21,13-6-3-7-14(19)12-13)16-9-4-10-17-15(16)8-5-11-20-17/h3-12,21H,2H2,1H3. The van der Waals surface area contributed by atoms with Crippen molar-refractivity contribution >= 4 is 26.8 Å². The summed E-state index contributed by atoms with van der Waals surface area (Å²) in [6.45, 7) is 2.00. The van der Waals surface area contributed by atoms with E-state index >= 15 is 0 Å². The highest BCUT2D eigenvalue weighted by Crippen LogP contribution is 2.37. The van der Waals surface area contributed by atoms with Gasteiger partial charge in [0.1, 0.15) is 5.60 Å². The van der Waals surface area contributed by atoms with E-state index in [0.29, 0.717) is 6.42 Å². The van der Waals surface area contributed by atoms with Crippen molar-refractivity contribution in [3.8, 4) is 0 Å². The maximum Gasteiger partial charge on any atom is 0.115 e. The molecule has 21 heavy (non-hydrogen) atoms. The fourth-order valence-corrected chi connectivity index (χ4v) is 3.16. The molecule has 0 aliphatic carbocycles. The molecule has 1 unspecified atom stereocenters. The molecule has 3 aromatic rings. The summed E-state index contributed by atoms with van der Waals surface area (Å²) in [6.07, 6.45) is 2.37. The fourth-order valence-electron chi connectivity index (χ4n) is 2.76. The Bertz CT molecular complexity index is 782. The molecule has 0 saturated heterocycles. The number of halogens is 1. The summed E-state index contributed by atoms with van der Waals surface area (Å²) in [4.78, 5) is 4.38. The van der Waals surface area contributed by atoms with Crippen LogP contribution in [0.5, 0.6) is 0 Å². The van der Waals surface area contributed by atoms with Crippen molar-refractivity contribution in [2.45, 2.75) is 18.9 Å².